The minimum Gasteiger partial charge on any atom is -0.289 e. The van der Waals surface area contributed by atoms with E-state index in [2.05, 4.69) is 6.92 Å². The summed E-state index contributed by atoms with van der Waals surface area (Å²) < 4.78 is 29.4. The summed E-state index contributed by atoms with van der Waals surface area (Å²) in [6.45, 7) is 2.15. The predicted octanol–water partition coefficient (Wildman–Crippen LogP) is 6.69. The number of carbonyl (C=O) groups is 2. The smallest absolute Gasteiger partial charge is 0.273 e. The fraction of sp³-hybridized carbons (Fsp3) is 0.417. The normalized spacial score (nSPS) is 13.4. The van der Waals surface area contributed by atoms with Crippen molar-refractivity contribution in [3.8, 4) is 0 Å². The fourth-order valence-electron chi connectivity index (χ4n) is 3.78. The van der Waals surface area contributed by atoms with Crippen molar-refractivity contribution in [1.29, 1.82) is 0 Å². The lowest BCUT2D eigenvalue weighted by Gasteiger charge is -2.21. The number of hydrogen-bond acceptors (Lipinski definition) is 2. The first-order valence-corrected chi connectivity index (χ1v) is 10.2. The molecule has 0 atom stereocenters. The van der Waals surface area contributed by atoms with Crippen LogP contribution < -0.4 is 0 Å². The molecule has 2 nitrogen and oxygen atoms in total. The van der Waals surface area contributed by atoms with Crippen molar-refractivity contribution in [3.63, 3.8) is 0 Å². The number of ketones is 2. The van der Waals surface area contributed by atoms with Crippen LogP contribution in [-0.2, 0) is 5.92 Å². The first-order valence-electron chi connectivity index (χ1n) is 10.2. The van der Waals surface area contributed by atoms with Crippen molar-refractivity contribution in [1.82, 2.24) is 0 Å². The van der Waals surface area contributed by atoms with Crippen molar-refractivity contribution >= 4 is 11.6 Å². The second-order valence-corrected chi connectivity index (χ2v) is 7.54. The van der Waals surface area contributed by atoms with Gasteiger partial charge in [0.25, 0.3) is 5.92 Å². The lowest BCUT2D eigenvalue weighted by atomic mass is 9.82. The molecule has 0 radical (unpaired) electrons. The summed E-state index contributed by atoms with van der Waals surface area (Å²) in [6.07, 6.45) is 6.59. The van der Waals surface area contributed by atoms with Gasteiger partial charge in [0.15, 0.2) is 11.6 Å². The van der Waals surface area contributed by atoms with Crippen LogP contribution in [0.3, 0.4) is 0 Å². The summed E-state index contributed by atoms with van der Waals surface area (Å²) in [6, 6.07) is 10.4. The van der Waals surface area contributed by atoms with Crippen LogP contribution in [0.5, 0.6) is 0 Å². The molecule has 0 heterocycles. The Morgan fingerprint density at radius 3 is 1.89 bits per heavy atom. The van der Waals surface area contributed by atoms with Gasteiger partial charge in [-0.3, -0.25) is 9.59 Å². The average molecular weight is 384 g/mol. The number of alkyl halides is 2. The van der Waals surface area contributed by atoms with Gasteiger partial charge in [-0.1, -0.05) is 75.8 Å². The van der Waals surface area contributed by atoms with E-state index in [4.69, 9.17) is 0 Å². The molecule has 0 bridgehead atoms. The minimum absolute atomic E-state index is 0.0837. The Labute approximate surface area is 165 Å². The molecule has 3 rings (SSSR count). The van der Waals surface area contributed by atoms with Crippen LogP contribution in [0.4, 0.5) is 8.78 Å². The third-order valence-electron chi connectivity index (χ3n) is 5.44. The van der Waals surface area contributed by atoms with Crippen LogP contribution in [-0.4, -0.2) is 11.6 Å². The number of benzene rings is 2. The molecular weight excluding hydrogens is 358 g/mol. The Kier molecular flexibility index (Phi) is 6.38. The zero-order valence-electron chi connectivity index (χ0n) is 16.3. The lowest BCUT2D eigenvalue weighted by molar-refractivity contribution is -0.0158. The van der Waals surface area contributed by atoms with Crippen LogP contribution in [0, 0.1) is 0 Å². The van der Waals surface area contributed by atoms with Crippen molar-refractivity contribution in [3.05, 3.63) is 70.3 Å². The third-order valence-corrected chi connectivity index (χ3v) is 5.44. The minimum atomic E-state index is -3.00. The van der Waals surface area contributed by atoms with Gasteiger partial charge < -0.3 is 0 Å². The van der Waals surface area contributed by atoms with E-state index in [1.807, 2.05) is 0 Å². The van der Waals surface area contributed by atoms with Gasteiger partial charge in [0, 0.05) is 34.2 Å². The zero-order chi connectivity index (χ0) is 20.1. The molecule has 0 unspecified atom stereocenters. The number of unbranched alkanes of at least 4 members (excludes halogenated alkanes) is 6. The molecule has 1 aliphatic carbocycles. The van der Waals surface area contributed by atoms with E-state index in [1.54, 1.807) is 24.3 Å². The van der Waals surface area contributed by atoms with Gasteiger partial charge in [-0.2, -0.15) is 0 Å². The van der Waals surface area contributed by atoms with Crippen molar-refractivity contribution in [2.75, 3.05) is 0 Å². The van der Waals surface area contributed by atoms with Crippen LogP contribution in [0.25, 0.3) is 0 Å². The Morgan fingerprint density at radius 2 is 1.25 bits per heavy atom. The van der Waals surface area contributed by atoms with E-state index in [-0.39, 0.29) is 40.2 Å². The number of carbonyl (C=O) groups excluding carboxylic acids is 2. The highest BCUT2D eigenvalue weighted by Gasteiger charge is 2.35. The molecule has 0 spiro atoms. The van der Waals surface area contributed by atoms with E-state index in [0.717, 1.165) is 25.7 Å². The largest absolute Gasteiger partial charge is 0.289 e. The molecule has 0 saturated heterocycles. The second kappa shape index (κ2) is 8.76. The summed E-state index contributed by atoms with van der Waals surface area (Å²) in [7, 11) is 0. The van der Waals surface area contributed by atoms with Crippen LogP contribution in [0.1, 0.15) is 95.7 Å². The molecule has 0 amide bonds. The fourth-order valence-corrected chi connectivity index (χ4v) is 3.78. The SMILES string of the molecule is CCCCCCCCCC(F)(F)c1ccc2c(c1)C(=O)c1ccccc1C2=O. The van der Waals surface area contributed by atoms with Gasteiger partial charge in [-0.25, -0.2) is 8.78 Å². The van der Waals surface area contributed by atoms with Crippen molar-refractivity contribution < 1.29 is 18.4 Å². The molecule has 0 saturated carbocycles. The Morgan fingerprint density at radius 1 is 0.714 bits per heavy atom. The molecule has 0 fully saturated rings. The molecule has 0 aromatic heterocycles. The topological polar surface area (TPSA) is 34.1 Å². The highest BCUT2D eigenvalue weighted by molar-refractivity contribution is 6.28. The highest BCUT2D eigenvalue weighted by atomic mass is 19.3. The molecule has 1 aliphatic rings. The molecule has 4 heteroatoms. The Balaban J connectivity index is 1.70. The first kappa shape index (κ1) is 20.4. The maximum absolute atomic E-state index is 14.7. The molecule has 2 aromatic rings. The number of rotatable bonds is 9. The third kappa shape index (κ3) is 4.21. The maximum Gasteiger partial charge on any atom is 0.273 e. The van der Waals surface area contributed by atoms with E-state index in [0.29, 0.717) is 12.0 Å². The lowest BCUT2D eigenvalue weighted by Crippen LogP contribution is -2.22. The van der Waals surface area contributed by atoms with E-state index >= 15 is 0 Å². The Hall–Kier alpha value is -2.36. The summed E-state index contributed by atoms with van der Waals surface area (Å²) in [4.78, 5) is 25.3. The number of halogens is 2. The molecule has 0 aliphatic heterocycles. The molecule has 2 aromatic carbocycles. The van der Waals surface area contributed by atoms with Crippen molar-refractivity contribution in [2.24, 2.45) is 0 Å². The van der Waals surface area contributed by atoms with Gasteiger partial charge in [-0.05, 0) is 18.6 Å². The second-order valence-electron chi connectivity index (χ2n) is 7.54. The van der Waals surface area contributed by atoms with Gasteiger partial charge in [0.1, 0.15) is 0 Å². The summed E-state index contributed by atoms with van der Waals surface area (Å²) in [5.41, 5.74) is 0.729. The van der Waals surface area contributed by atoms with Gasteiger partial charge in [0.05, 0.1) is 0 Å². The quantitative estimate of drug-likeness (QED) is 0.385. The van der Waals surface area contributed by atoms with E-state index in [1.165, 1.54) is 31.0 Å². The zero-order valence-corrected chi connectivity index (χ0v) is 16.3. The van der Waals surface area contributed by atoms with Gasteiger partial charge in [0.2, 0.25) is 0 Å². The summed E-state index contributed by atoms with van der Waals surface area (Å²) in [5.74, 6) is -3.65. The Bertz CT molecular complexity index is 871. The summed E-state index contributed by atoms with van der Waals surface area (Å²) in [5, 5.41) is 0. The number of hydrogen-bond donors (Lipinski definition) is 0. The molecule has 148 valence electrons. The van der Waals surface area contributed by atoms with Crippen LogP contribution in [0.15, 0.2) is 42.5 Å². The van der Waals surface area contributed by atoms with E-state index in [9.17, 15) is 18.4 Å². The maximum atomic E-state index is 14.7. The summed E-state index contributed by atoms with van der Waals surface area (Å²) >= 11 is 0. The molecule has 28 heavy (non-hydrogen) atoms. The standard InChI is InChI=1S/C24H26F2O2/c1-2-3-4-5-6-7-10-15-24(25,26)17-13-14-20-21(16-17)23(28)19-12-9-8-11-18(19)22(20)27/h8-9,11-14,16H,2-7,10,15H2,1H3. The van der Waals surface area contributed by atoms with Gasteiger partial charge >= 0.3 is 0 Å². The van der Waals surface area contributed by atoms with Crippen molar-refractivity contribution in [2.45, 2.75) is 64.2 Å². The highest BCUT2D eigenvalue weighted by Crippen LogP contribution is 2.37. The van der Waals surface area contributed by atoms with Crippen LogP contribution >= 0.6 is 0 Å². The number of fused-ring (bicyclic) bond motifs is 2. The van der Waals surface area contributed by atoms with Gasteiger partial charge in [-0.15, -0.1) is 0 Å². The molecule has 0 N–H and O–H groups in total. The first-order chi connectivity index (χ1) is 13.5. The monoisotopic (exact) mass is 384 g/mol. The van der Waals surface area contributed by atoms with E-state index < -0.39 is 5.92 Å². The van der Waals surface area contributed by atoms with Crippen LogP contribution in [0.2, 0.25) is 0 Å². The average Bonchev–Trinajstić information content (AvgIpc) is 2.71. The molecular formula is C24H26F2O2. The predicted molar refractivity (Wildman–Crippen MR) is 106 cm³/mol.